The Labute approximate surface area is 152 Å². The Kier molecular flexibility index (Phi) is 3.06. The Balaban J connectivity index is 1.81. The van der Waals surface area contributed by atoms with Crippen LogP contribution in [0, 0.1) is 11.8 Å². The van der Waals surface area contributed by atoms with E-state index < -0.39 is 11.1 Å². The van der Waals surface area contributed by atoms with E-state index in [2.05, 4.69) is 18.1 Å². The zero-order chi connectivity index (χ0) is 18.1. The molecule has 26 heavy (non-hydrogen) atoms. The number of allylic oxidation sites excluding steroid dienone is 1. The Hall–Kier alpha value is -2.46. The number of likely N-dealkylation sites (tertiary alicyclic amines) is 1. The van der Waals surface area contributed by atoms with E-state index in [1.807, 2.05) is 30.4 Å². The minimum Gasteiger partial charge on any atom is -0.479 e. The minimum absolute atomic E-state index is 0.00272. The molecule has 5 aliphatic rings. The summed E-state index contributed by atoms with van der Waals surface area (Å²) in [6.07, 6.45) is 6.71. The van der Waals surface area contributed by atoms with Crippen molar-refractivity contribution in [3.63, 3.8) is 0 Å². The molecule has 3 aliphatic carbocycles. The number of benzene rings is 1. The van der Waals surface area contributed by atoms with Crippen molar-refractivity contribution in [2.24, 2.45) is 11.8 Å². The van der Waals surface area contributed by atoms with Gasteiger partial charge >= 0.3 is 0 Å². The van der Waals surface area contributed by atoms with E-state index in [1.54, 1.807) is 12.1 Å². The van der Waals surface area contributed by atoms with E-state index >= 15 is 0 Å². The molecule has 1 spiro atoms. The normalized spacial score (nSPS) is 36.8. The second-order valence-corrected chi connectivity index (χ2v) is 7.69. The van der Waals surface area contributed by atoms with Gasteiger partial charge in [-0.3, -0.25) is 14.5 Å². The second kappa shape index (κ2) is 5.04. The van der Waals surface area contributed by atoms with Gasteiger partial charge in [0.1, 0.15) is 11.3 Å². The second-order valence-electron chi connectivity index (χ2n) is 7.69. The molecular formula is C22H21NO3. The summed E-state index contributed by atoms with van der Waals surface area (Å²) in [5, 5.41) is 0. The number of rotatable bonds is 4. The molecule has 0 amide bonds. The van der Waals surface area contributed by atoms with Crippen LogP contribution in [0.3, 0.4) is 0 Å². The van der Waals surface area contributed by atoms with Crippen LogP contribution in [-0.2, 0) is 4.79 Å². The Bertz CT molecular complexity index is 900. The highest BCUT2D eigenvalue weighted by Crippen LogP contribution is 2.63. The molecule has 1 aromatic rings. The standard InChI is InChI=1S/C22H21NO3/c1-3-9-21-20(25)14-11-15(13-23(21)10-4-2)22(21)17(12-14)19(24)16-7-5-6-8-18(16)26-22/h3-8,12,14-15H,1-2,9-11,13H2. The molecule has 1 saturated heterocycles. The van der Waals surface area contributed by atoms with Crippen LogP contribution < -0.4 is 4.74 Å². The summed E-state index contributed by atoms with van der Waals surface area (Å²) < 4.78 is 6.64. The average Bonchev–Trinajstić information content (AvgIpc) is 2.84. The smallest absolute Gasteiger partial charge is 0.196 e. The van der Waals surface area contributed by atoms with Crippen LogP contribution in [0.1, 0.15) is 23.2 Å². The maximum atomic E-state index is 13.6. The fourth-order valence-electron chi connectivity index (χ4n) is 5.84. The van der Waals surface area contributed by atoms with Gasteiger partial charge in [-0.1, -0.05) is 30.4 Å². The van der Waals surface area contributed by atoms with Gasteiger partial charge in [0.25, 0.3) is 0 Å². The lowest BCUT2D eigenvalue weighted by atomic mass is 9.52. The van der Waals surface area contributed by atoms with Crippen LogP contribution in [0.25, 0.3) is 0 Å². The molecule has 4 bridgehead atoms. The molecule has 0 N–H and O–H groups in total. The number of carbonyl (C=O) groups is 2. The van der Waals surface area contributed by atoms with Gasteiger partial charge in [-0.05, 0) is 25.0 Å². The highest BCUT2D eigenvalue weighted by Gasteiger charge is 2.77. The predicted molar refractivity (Wildman–Crippen MR) is 98.1 cm³/mol. The first kappa shape index (κ1) is 15.8. The summed E-state index contributed by atoms with van der Waals surface area (Å²) in [6.45, 7) is 9.11. The van der Waals surface area contributed by atoms with E-state index in [-0.39, 0.29) is 23.4 Å². The topological polar surface area (TPSA) is 46.6 Å². The van der Waals surface area contributed by atoms with E-state index in [9.17, 15) is 9.59 Å². The van der Waals surface area contributed by atoms with Crippen LogP contribution in [-0.4, -0.2) is 40.7 Å². The van der Waals surface area contributed by atoms with Gasteiger partial charge in [-0.25, -0.2) is 0 Å². The summed E-state index contributed by atoms with van der Waals surface area (Å²) >= 11 is 0. The maximum absolute atomic E-state index is 13.6. The van der Waals surface area contributed by atoms with E-state index in [0.717, 1.165) is 13.0 Å². The van der Waals surface area contributed by atoms with Gasteiger partial charge in [-0.2, -0.15) is 0 Å². The third-order valence-corrected chi connectivity index (χ3v) is 6.66. The van der Waals surface area contributed by atoms with E-state index in [4.69, 9.17) is 4.74 Å². The van der Waals surface area contributed by atoms with Crippen molar-refractivity contribution < 1.29 is 14.3 Å². The quantitative estimate of drug-likeness (QED) is 0.786. The summed E-state index contributed by atoms with van der Waals surface area (Å²) in [7, 11) is 0. The lowest BCUT2D eigenvalue weighted by Gasteiger charge is -2.58. The zero-order valence-electron chi connectivity index (χ0n) is 14.6. The van der Waals surface area contributed by atoms with Crippen molar-refractivity contribution >= 4 is 11.6 Å². The zero-order valence-corrected chi connectivity index (χ0v) is 14.6. The largest absolute Gasteiger partial charge is 0.479 e. The van der Waals surface area contributed by atoms with Gasteiger partial charge in [0, 0.05) is 30.5 Å². The Morgan fingerprint density at radius 3 is 2.81 bits per heavy atom. The van der Waals surface area contributed by atoms with Gasteiger partial charge in [0.05, 0.1) is 5.56 Å². The molecule has 4 nitrogen and oxygen atoms in total. The van der Waals surface area contributed by atoms with Gasteiger partial charge in [0.2, 0.25) is 0 Å². The lowest BCUT2D eigenvalue weighted by molar-refractivity contribution is -0.150. The monoisotopic (exact) mass is 347 g/mol. The van der Waals surface area contributed by atoms with Crippen molar-refractivity contribution in [1.29, 1.82) is 0 Å². The molecule has 0 aromatic heterocycles. The minimum atomic E-state index is -0.915. The fraction of sp³-hybridized carbons (Fsp3) is 0.364. The number of ketones is 2. The van der Waals surface area contributed by atoms with Gasteiger partial charge < -0.3 is 4.74 Å². The van der Waals surface area contributed by atoms with Crippen LogP contribution in [0.5, 0.6) is 5.75 Å². The molecule has 2 aliphatic heterocycles. The van der Waals surface area contributed by atoms with Crippen molar-refractivity contribution in [2.75, 3.05) is 13.1 Å². The third-order valence-electron chi connectivity index (χ3n) is 6.66. The highest BCUT2D eigenvalue weighted by molar-refractivity contribution is 6.16. The SMILES string of the molecule is C=CCN1CC2CC3C=C4C(=O)c5ccccc5OC42C1(CC=C)C3=O. The number of Topliss-reactive ketones (excluding diaryl/α,β-unsaturated/α-hetero) is 2. The molecule has 4 heteroatoms. The molecule has 1 saturated carbocycles. The predicted octanol–water partition coefficient (Wildman–Crippen LogP) is 2.96. The molecule has 0 radical (unpaired) electrons. The van der Waals surface area contributed by atoms with Crippen LogP contribution in [0.2, 0.25) is 0 Å². The number of hydrogen-bond acceptors (Lipinski definition) is 4. The molecule has 1 aromatic carbocycles. The molecule has 6 rings (SSSR count). The summed E-state index contributed by atoms with van der Waals surface area (Å²) in [5.74, 6) is 0.639. The number of hydrogen-bond donors (Lipinski definition) is 0. The van der Waals surface area contributed by atoms with E-state index in [1.165, 1.54) is 0 Å². The van der Waals surface area contributed by atoms with Gasteiger partial charge in [0.15, 0.2) is 17.2 Å². The van der Waals surface area contributed by atoms with Gasteiger partial charge in [-0.15, -0.1) is 13.2 Å². The molecule has 132 valence electrons. The number of carbonyl (C=O) groups excluding carboxylic acids is 2. The Morgan fingerprint density at radius 2 is 2.04 bits per heavy atom. The van der Waals surface area contributed by atoms with E-state index in [0.29, 0.717) is 29.9 Å². The number of para-hydroxylation sites is 1. The first-order chi connectivity index (χ1) is 12.6. The molecular weight excluding hydrogens is 326 g/mol. The fourth-order valence-corrected chi connectivity index (χ4v) is 5.84. The first-order valence-electron chi connectivity index (χ1n) is 9.16. The van der Waals surface area contributed by atoms with Crippen LogP contribution in [0.4, 0.5) is 0 Å². The van der Waals surface area contributed by atoms with Crippen molar-refractivity contribution in [3.8, 4) is 5.75 Å². The van der Waals surface area contributed by atoms with Crippen LogP contribution >= 0.6 is 0 Å². The molecule has 4 atom stereocenters. The molecule has 4 unspecified atom stereocenters. The summed E-state index contributed by atoms with van der Waals surface area (Å²) in [5.41, 5.74) is -0.524. The number of fused-ring (bicyclic) bond motifs is 1. The molecule has 2 fully saturated rings. The average molecular weight is 347 g/mol. The van der Waals surface area contributed by atoms with Crippen molar-refractivity contribution in [2.45, 2.75) is 24.0 Å². The number of nitrogens with zero attached hydrogens (tertiary/aromatic N) is 1. The summed E-state index contributed by atoms with van der Waals surface area (Å²) in [4.78, 5) is 29.1. The lowest BCUT2D eigenvalue weighted by Crippen LogP contribution is -2.74. The number of ether oxygens (including phenoxy) is 1. The third kappa shape index (κ3) is 1.51. The molecule has 2 heterocycles. The highest BCUT2D eigenvalue weighted by atomic mass is 16.5. The summed E-state index contributed by atoms with van der Waals surface area (Å²) in [6, 6.07) is 7.36. The van der Waals surface area contributed by atoms with Crippen molar-refractivity contribution in [1.82, 2.24) is 4.90 Å². The first-order valence-corrected chi connectivity index (χ1v) is 9.16. The Morgan fingerprint density at radius 1 is 1.23 bits per heavy atom. The van der Waals surface area contributed by atoms with Crippen LogP contribution in [0.15, 0.2) is 61.2 Å². The maximum Gasteiger partial charge on any atom is 0.196 e. The van der Waals surface area contributed by atoms with Crippen molar-refractivity contribution in [3.05, 3.63) is 66.8 Å².